The van der Waals surface area contributed by atoms with E-state index in [1.165, 1.54) is 0 Å². The zero-order valence-electron chi connectivity index (χ0n) is 8.98. The number of nitrogens with zero attached hydrogens (tertiary/aromatic N) is 1. The molecule has 84 valence electrons. The molecule has 15 heavy (non-hydrogen) atoms. The van der Waals surface area contributed by atoms with Crippen molar-refractivity contribution in [2.24, 2.45) is 11.8 Å². The lowest BCUT2D eigenvalue weighted by molar-refractivity contribution is -0.149. The maximum absolute atomic E-state index is 11.8. The molecule has 0 bridgehead atoms. The first-order valence-electron chi connectivity index (χ1n) is 5.62. The van der Waals surface area contributed by atoms with Crippen LogP contribution in [0.25, 0.3) is 0 Å². The molecule has 0 aromatic heterocycles. The minimum absolute atomic E-state index is 0.0363. The lowest BCUT2D eigenvalue weighted by Crippen LogP contribution is -2.42. The fourth-order valence-corrected chi connectivity index (χ4v) is 2.29. The topological polar surface area (TPSA) is 57.6 Å². The zero-order valence-corrected chi connectivity index (χ0v) is 8.98. The summed E-state index contributed by atoms with van der Waals surface area (Å²) < 4.78 is 0. The highest BCUT2D eigenvalue weighted by atomic mass is 16.4. The molecule has 2 rings (SSSR count). The molecule has 2 unspecified atom stereocenters. The van der Waals surface area contributed by atoms with E-state index in [2.05, 4.69) is 0 Å². The van der Waals surface area contributed by atoms with Gasteiger partial charge in [0.1, 0.15) is 6.04 Å². The van der Waals surface area contributed by atoms with Crippen LogP contribution in [0.4, 0.5) is 0 Å². The summed E-state index contributed by atoms with van der Waals surface area (Å²) in [5, 5.41) is 9.06. The zero-order chi connectivity index (χ0) is 11.0. The summed E-state index contributed by atoms with van der Waals surface area (Å²) in [6.45, 7) is 2.52. The van der Waals surface area contributed by atoms with Crippen molar-refractivity contribution in [2.75, 3.05) is 6.54 Å². The van der Waals surface area contributed by atoms with Gasteiger partial charge in [0.25, 0.3) is 0 Å². The molecular formula is C11H17NO3. The van der Waals surface area contributed by atoms with Crippen molar-refractivity contribution in [1.29, 1.82) is 0 Å². The minimum Gasteiger partial charge on any atom is -0.480 e. The molecule has 1 N–H and O–H groups in total. The summed E-state index contributed by atoms with van der Waals surface area (Å²) in [5.41, 5.74) is 0. The van der Waals surface area contributed by atoms with Gasteiger partial charge in [-0.2, -0.15) is 0 Å². The third kappa shape index (κ3) is 2.13. The van der Waals surface area contributed by atoms with Crippen LogP contribution in [0.15, 0.2) is 0 Å². The Hall–Kier alpha value is -1.06. The van der Waals surface area contributed by atoms with Crippen LogP contribution in [0.1, 0.15) is 32.6 Å². The minimum atomic E-state index is -0.857. The Balaban J connectivity index is 2.00. The number of carboxylic acids is 1. The molecule has 1 heterocycles. The Morgan fingerprint density at radius 1 is 1.33 bits per heavy atom. The summed E-state index contributed by atoms with van der Waals surface area (Å²) in [6.07, 6.45) is 3.63. The maximum Gasteiger partial charge on any atom is 0.326 e. The van der Waals surface area contributed by atoms with Crippen molar-refractivity contribution in [3.63, 3.8) is 0 Å². The fraction of sp³-hybridized carbons (Fsp3) is 0.818. The van der Waals surface area contributed by atoms with Gasteiger partial charge in [-0.15, -0.1) is 0 Å². The highest BCUT2D eigenvalue weighted by molar-refractivity contribution is 5.84. The summed E-state index contributed by atoms with van der Waals surface area (Å²) in [5.74, 6) is -0.202. The van der Waals surface area contributed by atoms with Gasteiger partial charge >= 0.3 is 5.97 Å². The quantitative estimate of drug-likeness (QED) is 0.760. The summed E-state index contributed by atoms with van der Waals surface area (Å²) >= 11 is 0. The lowest BCUT2D eigenvalue weighted by Gasteiger charge is -2.23. The molecular weight excluding hydrogens is 194 g/mol. The predicted octanol–water partition coefficient (Wildman–Crippen LogP) is 1.11. The SMILES string of the molecule is CC1CCN(C(=O)CC2CC2)C1C(=O)O. The van der Waals surface area contributed by atoms with Crippen molar-refractivity contribution in [3.8, 4) is 0 Å². The molecule has 2 atom stereocenters. The third-order valence-electron chi connectivity index (χ3n) is 3.43. The smallest absolute Gasteiger partial charge is 0.326 e. The Labute approximate surface area is 89.3 Å². The third-order valence-corrected chi connectivity index (χ3v) is 3.43. The summed E-state index contributed by atoms with van der Waals surface area (Å²) in [6, 6.07) is -0.587. The number of carboxylic acid groups (broad SMARTS) is 1. The first-order valence-corrected chi connectivity index (χ1v) is 5.62. The molecule has 1 amide bonds. The number of hydrogen-bond donors (Lipinski definition) is 1. The van der Waals surface area contributed by atoms with Crippen LogP contribution < -0.4 is 0 Å². The van der Waals surface area contributed by atoms with Crippen LogP contribution in [0.3, 0.4) is 0 Å². The van der Waals surface area contributed by atoms with E-state index in [-0.39, 0.29) is 11.8 Å². The molecule has 4 heteroatoms. The summed E-state index contributed by atoms with van der Waals surface area (Å²) in [7, 11) is 0. The number of amides is 1. The van der Waals surface area contributed by atoms with E-state index < -0.39 is 12.0 Å². The van der Waals surface area contributed by atoms with Gasteiger partial charge in [0.2, 0.25) is 5.91 Å². The van der Waals surface area contributed by atoms with E-state index >= 15 is 0 Å². The van der Waals surface area contributed by atoms with Gasteiger partial charge in [-0.25, -0.2) is 4.79 Å². The highest BCUT2D eigenvalue weighted by Gasteiger charge is 2.40. The van der Waals surface area contributed by atoms with Crippen LogP contribution in [-0.4, -0.2) is 34.5 Å². The van der Waals surface area contributed by atoms with Gasteiger partial charge < -0.3 is 10.0 Å². The van der Waals surface area contributed by atoms with E-state index in [0.29, 0.717) is 18.9 Å². The molecule has 0 radical (unpaired) electrons. The van der Waals surface area contributed by atoms with E-state index in [4.69, 9.17) is 5.11 Å². The van der Waals surface area contributed by atoms with Crippen LogP contribution in [-0.2, 0) is 9.59 Å². The second kappa shape index (κ2) is 3.83. The first-order chi connectivity index (χ1) is 7.09. The molecule has 1 saturated heterocycles. The number of rotatable bonds is 3. The van der Waals surface area contributed by atoms with E-state index in [9.17, 15) is 9.59 Å². The molecule has 0 spiro atoms. The van der Waals surface area contributed by atoms with Gasteiger partial charge in [0.05, 0.1) is 0 Å². The molecule has 0 aromatic rings. The maximum atomic E-state index is 11.8. The van der Waals surface area contributed by atoms with Crippen molar-refractivity contribution in [3.05, 3.63) is 0 Å². The van der Waals surface area contributed by atoms with Crippen molar-refractivity contribution in [2.45, 2.75) is 38.6 Å². The first kappa shape index (κ1) is 10.5. The number of carbonyl (C=O) groups excluding carboxylic acids is 1. The van der Waals surface area contributed by atoms with Gasteiger partial charge in [-0.05, 0) is 31.1 Å². The van der Waals surface area contributed by atoms with Crippen LogP contribution >= 0.6 is 0 Å². The monoisotopic (exact) mass is 211 g/mol. The Kier molecular flexibility index (Phi) is 2.67. The number of aliphatic carboxylic acids is 1. The van der Waals surface area contributed by atoms with Gasteiger partial charge in [0.15, 0.2) is 0 Å². The molecule has 0 aromatic carbocycles. The van der Waals surface area contributed by atoms with Crippen molar-refractivity contribution < 1.29 is 14.7 Å². The lowest BCUT2D eigenvalue weighted by atomic mass is 10.0. The van der Waals surface area contributed by atoms with Gasteiger partial charge in [-0.1, -0.05) is 6.92 Å². The van der Waals surface area contributed by atoms with Crippen molar-refractivity contribution >= 4 is 11.9 Å². The van der Waals surface area contributed by atoms with Crippen LogP contribution in [0.5, 0.6) is 0 Å². The molecule has 2 aliphatic rings. The van der Waals surface area contributed by atoms with E-state index in [1.807, 2.05) is 6.92 Å². The average molecular weight is 211 g/mol. The second-order valence-electron chi connectivity index (χ2n) is 4.78. The molecule has 4 nitrogen and oxygen atoms in total. The van der Waals surface area contributed by atoms with Crippen LogP contribution in [0, 0.1) is 11.8 Å². The van der Waals surface area contributed by atoms with Crippen molar-refractivity contribution in [1.82, 2.24) is 4.90 Å². The number of likely N-dealkylation sites (tertiary alicyclic amines) is 1. The predicted molar refractivity (Wildman–Crippen MR) is 54.3 cm³/mol. The standard InChI is InChI=1S/C11H17NO3/c1-7-4-5-12(10(7)11(14)15)9(13)6-8-2-3-8/h7-8,10H,2-6H2,1H3,(H,14,15). The molecule has 1 saturated carbocycles. The normalized spacial score (nSPS) is 30.6. The average Bonchev–Trinajstić information content (AvgIpc) is 2.86. The highest BCUT2D eigenvalue weighted by Crippen LogP contribution is 2.34. The fourth-order valence-electron chi connectivity index (χ4n) is 2.29. The Morgan fingerprint density at radius 2 is 2.00 bits per heavy atom. The van der Waals surface area contributed by atoms with E-state index in [0.717, 1.165) is 19.3 Å². The largest absolute Gasteiger partial charge is 0.480 e. The molecule has 2 fully saturated rings. The molecule has 1 aliphatic carbocycles. The summed E-state index contributed by atoms with van der Waals surface area (Å²) in [4.78, 5) is 24.4. The number of carbonyl (C=O) groups is 2. The Bertz CT molecular complexity index is 286. The van der Waals surface area contributed by atoms with E-state index in [1.54, 1.807) is 4.90 Å². The Morgan fingerprint density at radius 3 is 2.53 bits per heavy atom. The van der Waals surface area contributed by atoms with Gasteiger partial charge in [-0.3, -0.25) is 4.79 Å². The molecule has 1 aliphatic heterocycles. The van der Waals surface area contributed by atoms with Gasteiger partial charge in [0, 0.05) is 13.0 Å². The second-order valence-corrected chi connectivity index (χ2v) is 4.78. The number of hydrogen-bond acceptors (Lipinski definition) is 2. The van der Waals surface area contributed by atoms with Crippen LogP contribution in [0.2, 0.25) is 0 Å².